The molecule has 0 bridgehead atoms. The van der Waals surface area contributed by atoms with Crippen molar-refractivity contribution >= 4 is 29.1 Å². The third kappa shape index (κ3) is 6.46. The average molecular weight is 570 g/mol. The van der Waals surface area contributed by atoms with Crippen LogP contribution in [0.3, 0.4) is 0 Å². The molecule has 11 nitrogen and oxygen atoms in total. The lowest BCUT2D eigenvalue weighted by Gasteiger charge is -2.40. The molecular weight excluding hydrogens is 538 g/mol. The number of halogens is 4. The van der Waals surface area contributed by atoms with Gasteiger partial charge in [0, 0.05) is 39.7 Å². The molecule has 0 unspecified atom stereocenters. The number of pyridine rings is 2. The zero-order valence-corrected chi connectivity index (χ0v) is 22.0. The van der Waals surface area contributed by atoms with Gasteiger partial charge >= 0.3 is 12.2 Å². The largest absolute Gasteiger partial charge is 0.474 e. The van der Waals surface area contributed by atoms with Crippen molar-refractivity contribution in [2.24, 2.45) is 7.05 Å². The second kappa shape index (κ2) is 11.7. The molecule has 0 spiro atoms. The SMILES string of the molecule is CN(C(=O)Nc1cc(C(F)(F)F)cn(C)c1=O)[C@H]1CCN(c2cnc(N)c(C(=N)OC3CCOCC3)c2)C[C@@H]1F. The second-order valence-electron chi connectivity index (χ2n) is 9.80. The topological polar surface area (TPSA) is 139 Å². The second-order valence-corrected chi connectivity index (χ2v) is 9.80. The van der Waals surface area contributed by atoms with Crippen LogP contribution in [0.25, 0.3) is 0 Å². The van der Waals surface area contributed by atoms with Gasteiger partial charge in [0.2, 0.25) is 5.90 Å². The first kappa shape index (κ1) is 29.1. The summed E-state index contributed by atoms with van der Waals surface area (Å²) in [6, 6.07) is 0.352. The van der Waals surface area contributed by atoms with Gasteiger partial charge in [-0.15, -0.1) is 0 Å². The number of nitrogen functional groups attached to an aromatic ring is 1. The van der Waals surface area contributed by atoms with Crippen molar-refractivity contribution in [1.82, 2.24) is 14.5 Å². The summed E-state index contributed by atoms with van der Waals surface area (Å²) in [6.45, 7) is 1.28. The van der Waals surface area contributed by atoms with Crippen LogP contribution in [0.1, 0.15) is 30.4 Å². The van der Waals surface area contributed by atoms with Gasteiger partial charge in [-0.25, -0.2) is 14.2 Å². The molecule has 2 aromatic rings. The monoisotopic (exact) mass is 569 g/mol. The predicted octanol–water partition coefficient (Wildman–Crippen LogP) is 2.98. The van der Waals surface area contributed by atoms with Gasteiger partial charge in [0.1, 0.15) is 23.8 Å². The molecule has 2 aliphatic rings. The molecule has 4 rings (SSSR count). The molecule has 2 aromatic heterocycles. The van der Waals surface area contributed by atoms with Crippen LogP contribution < -0.4 is 21.5 Å². The Kier molecular flexibility index (Phi) is 8.51. The molecule has 0 aliphatic carbocycles. The highest BCUT2D eigenvalue weighted by Gasteiger charge is 2.36. The van der Waals surface area contributed by atoms with Gasteiger partial charge in [0.15, 0.2) is 0 Å². The van der Waals surface area contributed by atoms with E-state index in [1.54, 1.807) is 11.0 Å². The van der Waals surface area contributed by atoms with Crippen LogP contribution in [0.5, 0.6) is 0 Å². The zero-order chi connectivity index (χ0) is 29.2. The Morgan fingerprint density at radius 1 is 1.27 bits per heavy atom. The number of urea groups is 1. The highest BCUT2D eigenvalue weighted by atomic mass is 19.4. The Hall–Kier alpha value is -3.88. The maximum atomic E-state index is 15.3. The number of ether oxygens (including phenoxy) is 2. The molecule has 0 aromatic carbocycles. The minimum absolute atomic E-state index is 0.102. The number of rotatable bonds is 5. The molecule has 2 amide bonds. The third-order valence-corrected chi connectivity index (χ3v) is 7.04. The number of aromatic nitrogens is 2. The summed E-state index contributed by atoms with van der Waals surface area (Å²) in [6.07, 6.45) is -2.85. The van der Waals surface area contributed by atoms with Gasteiger partial charge in [-0.05, 0) is 18.6 Å². The van der Waals surface area contributed by atoms with E-state index in [4.69, 9.17) is 20.6 Å². The maximum Gasteiger partial charge on any atom is 0.417 e. The van der Waals surface area contributed by atoms with Crippen molar-refractivity contribution in [3.05, 3.63) is 46.0 Å². The Morgan fingerprint density at radius 3 is 2.62 bits per heavy atom. The maximum absolute atomic E-state index is 15.3. The summed E-state index contributed by atoms with van der Waals surface area (Å²) in [5.74, 6) is -0.0350. The number of alkyl halides is 4. The molecule has 4 heterocycles. The van der Waals surface area contributed by atoms with Gasteiger partial charge in [-0.2, -0.15) is 13.2 Å². The summed E-state index contributed by atoms with van der Waals surface area (Å²) in [5.41, 5.74) is 4.27. The lowest BCUT2D eigenvalue weighted by Crippen LogP contribution is -2.54. The molecule has 0 radical (unpaired) electrons. The number of nitrogens with one attached hydrogen (secondary N) is 2. The Balaban J connectivity index is 1.41. The van der Waals surface area contributed by atoms with Crippen molar-refractivity contribution in [1.29, 1.82) is 5.41 Å². The van der Waals surface area contributed by atoms with Crippen molar-refractivity contribution < 1.29 is 31.8 Å². The van der Waals surface area contributed by atoms with E-state index in [1.165, 1.54) is 13.2 Å². The summed E-state index contributed by atoms with van der Waals surface area (Å²) >= 11 is 0. The number of nitrogens with two attached hydrogens (primary N) is 1. The summed E-state index contributed by atoms with van der Waals surface area (Å²) in [4.78, 5) is 32.0. The van der Waals surface area contributed by atoms with E-state index in [-0.39, 0.29) is 36.3 Å². The van der Waals surface area contributed by atoms with Crippen molar-refractivity contribution in [2.45, 2.75) is 43.8 Å². The Labute approximate surface area is 227 Å². The molecule has 2 aliphatic heterocycles. The van der Waals surface area contributed by atoms with Crippen molar-refractivity contribution in [3.63, 3.8) is 0 Å². The van der Waals surface area contributed by atoms with Crippen LogP contribution >= 0.6 is 0 Å². The number of amides is 2. The highest BCUT2D eigenvalue weighted by molar-refractivity contribution is 5.97. The van der Waals surface area contributed by atoms with Gasteiger partial charge in [0.05, 0.1) is 48.8 Å². The highest BCUT2D eigenvalue weighted by Crippen LogP contribution is 2.30. The first-order chi connectivity index (χ1) is 18.8. The fraction of sp³-hybridized carbons (Fsp3) is 0.520. The van der Waals surface area contributed by atoms with Crippen molar-refractivity contribution in [2.75, 3.05) is 49.3 Å². The number of hydrogen-bond acceptors (Lipinski definition) is 8. The van der Waals surface area contributed by atoms with E-state index < -0.39 is 41.2 Å². The zero-order valence-electron chi connectivity index (χ0n) is 22.0. The lowest BCUT2D eigenvalue weighted by atomic mass is 10.0. The number of nitrogens with zero attached hydrogens (tertiary/aromatic N) is 4. The van der Waals surface area contributed by atoms with Crippen LogP contribution in [0.2, 0.25) is 0 Å². The van der Waals surface area contributed by atoms with Gasteiger partial charge < -0.3 is 34.9 Å². The molecule has 2 atom stereocenters. The minimum atomic E-state index is -4.72. The number of piperidine rings is 1. The summed E-state index contributed by atoms with van der Waals surface area (Å²) < 4.78 is 66.6. The quantitative estimate of drug-likeness (QED) is 0.286. The molecule has 0 saturated carbocycles. The predicted molar refractivity (Wildman–Crippen MR) is 139 cm³/mol. The van der Waals surface area contributed by atoms with Crippen LogP contribution in [-0.4, -0.2) is 78.0 Å². The first-order valence-electron chi connectivity index (χ1n) is 12.6. The van der Waals surface area contributed by atoms with Gasteiger partial charge in [0.25, 0.3) is 5.56 Å². The van der Waals surface area contributed by atoms with E-state index in [1.807, 2.05) is 0 Å². The summed E-state index contributed by atoms with van der Waals surface area (Å²) in [7, 11) is 2.46. The third-order valence-electron chi connectivity index (χ3n) is 7.04. The van der Waals surface area contributed by atoms with E-state index in [2.05, 4.69) is 10.3 Å². The molecule has 40 heavy (non-hydrogen) atoms. The molecule has 2 fully saturated rings. The normalized spacial score (nSPS) is 20.2. The van der Waals surface area contributed by atoms with Crippen LogP contribution in [0, 0.1) is 5.41 Å². The van der Waals surface area contributed by atoms with Gasteiger partial charge in [-0.1, -0.05) is 0 Å². The van der Waals surface area contributed by atoms with Crippen LogP contribution in [0.4, 0.5) is 39.5 Å². The lowest BCUT2D eigenvalue weighted by molar-refractivity contribution is -0.138. The smallest absolute Gasteiger partial charge is 0.417 e. The fourth-order valence-corrected chi connectivity index (χ4v) is 4.72. The van der Waals surface area contributed by atoms with E-state index in [0.717, 1.165) is 16.5 Å². The Morgan fingerprint density at radius 2 is 1.98 bits per heavy atom. The molecular formula is C25H31F4N7O4. The van der Waals surface area contributed by atoms with Crippen LogP contribution in [-0.2, 0) is 22.7 Å². The van der Waals surface area contributed by atoms with E-state index in [0.29, 0.717) is 50.6 Å². The molecule has 2 saturated heterocycles. The van der Waals surface area contributed by atoms with Gasteiger partial charge in [-0.3, -0.25) is 10.2 Å². The van der Waals surface area contributed by atoms with E-state index >= 15 is 4.39 Å². The molecule has 15 heteroatoms. The number of anilines is 3. The first-order valence-corrected chi connectivity index (χ1v) is 12.6. The summed E-state index contributed by atoms with van der Waals surface area (Å²) in [5, 5.41) is 10.5. The number of carbonyl (C=O) groups excluding carboxylic acids is 1. The standard InChI is InChI=1S/C25H31F4N7O4/c1-34-12-14(25(27,28)29)9-19(23(34)37)33-24(38)35(2)20-3-6-36(13-18(20)26)15-10-17(21(30)32-11-15)22(31)40-16-4-7-39-8-5-16/h9-12,16,18,20,31H,3-8,13H2,1-2H3,(H2,30,32)(H,33,38)/t18-,20-/m0/s1. The fourth-order valence-electron chi connectivity index (χ4n) is 4.72. The van der Waals surface area contributed by atoms with E-state index in [9.17, 15) is 22.8 Å². The number of aryl methyl sites for hydroxylation is 1. The Bertz CT molecular complexity index is 1310. The number of hydrogen-bond donors (Lipinski definition) is 3. The van der Waals surface area contributed by atoms with Crippen LogP contribution in [0.15, 0.2) is 29.3 Å². The molecule has 4 N–H and O–H groups in total. The minimum Gasteiger partial charge on any atom is -0.474 e. The number of carbonyl (C=O) groups is 1. The average Bonchev–Trinajstić information content (AvgIpc) is 2.90. The van der Waals surface area contributed by atoms with Crippen molar-refractivity contribution in [3.8, 4) is 0 Å². The molecule has 218 valence electrons.